The molecular formula is C7H14N2O4S2. The van der Waals surface area contributed by atoms with E-state index < -0.39 is 21.7 Å². The zero-order valence-electron chi connectivity index (χ0n) is 8.32. The van der Waals surface area contributed by atoms with Crippen molar-refractivity contribution in [1.82, 2.24) is 9.44 Å². The van der Waals surface area contributed by atoms with Gasteiger partial charge < -0.3 is 5.11 Å². The summed E-state index contributed by atoms with van der Waals surface area (Å²) in [4.78, 5) is 11.0. The molecule has 0 spiro atoms. The van der Waals surface area contributed by atoms with Gasteiger partial charge in [-0.05, 0) is 12.2 Å². The Balaban J connectivity index is 2.80. The number of aliphatic carboxylic acids is 1. The highest BCUT2D eigenvalue weighted by molar-refractivity contribution is 7.99. The van der Waals surface area contributed by atoms with Crippen molar-refractivity contribution in [2.45, 2.75) is 18.9 Å². The molecule has 1 saturated heterocycles. The van der Waals surface area contributed by atoms with Crippen LogP contribution in [0.25, 0.3) is 0 Å². The van der Waals surface area contributed by atoms with E-state index in [0.29, 0.717) is 12.2 Å². The van der Waals surface area contributed by atoms with E-state index in [1.165, 1.54) is 11.8 Å². The zero-order valence-corrected chi connectivity index (χ0v) is 9.95. The highest BCUT2D eigenvalue weighted by Crippen LogP contribution is 2.28. The number of rotatable bonds is 5. The predicted molar refractivity (Wildman–Crippen MR) is 58.0 cm³/mol. The monoisotopic (exact) mass is 254 g/mol. The summed E-state index contributed by atoms with van der Waals surface area (Å²) in [5.74, 6) is -0.192. The summed E-state index contributed by atoms with van der Waals surface area (Å²) in [6.45, 7) is 1.87. The van der Waals surface area contributed by atoms with Gasteiger partial charge in [0.25, 0.3) is 10.2 Å². The van der Waals surface area contributed by atoms with Crippen molar-refractivity contribution in [2.75, 3.05) is 18.1 Å². The maximum Gasteiger partial charge on any atom is 0.325 e. The van der Waals surface area contributed by atoms with Gasteiger partial charge in [0.15, 0.2) is 0 Å². The lowest BCUT2D eigenvalue weighted by Gasteiger charge is -2.24. The van der Waals surface area contributed by atoms with Crippen LogP contribution < -0.4 is 9.44 Å². The third-order valence-corrected chi connectivity index (χ3v) is 4.61. The van der Waals surface area contributed by atoms with Crippen LogP contribution in [0.2, 0.25) is 0 Å². The van der Waals surface area contributed by atoms with Crippen LogP contribution in [0, 0.1) is 0 Å². The van der Waals surface area contributed by atoms with Crippen molar-refractivity contribution in [3.05, 3.63) is 0 Å². The molecule has 88 valence electrons. The van der Waals surface area contributed by atoms with E-state index in [2.05, 4.69) is 9.44 Å². The number of hydrogen-bond acceptors (Lipinski definition) is 4. The lowest BCUT2D eigenvalue weighted by atomic mass is 10.0. The first kappa shape index (κ1) is 12.8. The Bertz CT molecular complexity index is 335. The Morgan fingerprint density at radius 1 is 1.60 bits per heavy atom. The normalized spacial score (nSPS) is 26.7. The van der Waals surface area contributed by atoms with Gasteiger partial charge in [-0.15, -0.1) is 0 Å². The Hall–Kier alpha value is -0.310. The molecule has 1 fully saturated rings. The second-order valence-corrected chi connectivity index (χ2v) is 5.90. The number of carboxylic acid groups (broad SMARTS) is 1. The van der Waals surface area contributed by atoms with Crippen molar-refractivity contribution in [3.63, 3.8) is 0 Å². The first-order valence-corrected chi connectivity index (χ1v) is 7.15. The van der Waals surface area contributed by atoms with Crippen molar-refractivity contribution >= 4 is 27.9 Å². The van der Waals surface area contributed by atoms with Crippen LogP contribution >= 0.6 is 11.8 Å². The molecule has 0 bridgehead atoms. The van der Waals surface area contributed by atoms with E-state index in [4.69, 9.17) is 5.11 Å². The minimum atomic E-state index is -3.71. The number of thioether (sulfide) groups is 1. The van der Waals surface area contributed by atoms with Crippen LogP contribution in [0.15, 0.2) is 0 Å². The quantitative estimate of drug-likeness (QED) is 0.608. The lowest BCUT2D eigenvalue weighted by Crippen LogP contribution is -2.57. The van der Waals surface area contributed by atoms with Crippen molar-refractivity contribution < 1.29 is 18.3 Å². The summed E-state index contributed by atoms with van der Waals surface area (Å²) in [6, 6.07) is 0. The topological polar surface area (TPSA) is 95.5 Å². The number of nitrogens with one attached hydrogen (secondary N) is 2. The fraction of sp³-hybridized carbons (Fsp3) is 0.857. The number of carbonyl (C=O) groups is 1. The second kappa shape index (κ2) is 4.69. The second-order valence-electron chi connectivity index (χ2n) is 3.29. The SMILES string of the molecule is CCNS(=O)(=O)NC1(C(=O)O)CCSC1. The Morgan fingerprint density at radius 2 is 2.27 bits per heavy atom. The van der Waals surface area contributed by atoms with Crippen LogP contribution in [-0.4, -0.2) is 43.1 Å². The van der Waals surface area contributed by atoms with E-state index >= 15 is 0 Å². The summed E-state index contributed by atoms with van der Waals surface area (Å²) >= 11 is 1.43. The third kappa shape index (κ3) is 3.07. The molecular weight excluding hydrogens is 240 g/mol. The molecule has 6 nitrogen and oxygen atoms in total. The molecule has 1 unspecified atom stereocenters. The van der Waals surface area contributed by atoms with E-state index in [0.717, 1.165) is 0 Å². The van der Waals surface area contributed by atoms with Gasteiger partial charge in [0.05, 0.1) is 0 Å². The first-order chi connectivity index (χ1) is 6.92. The number of carboxylic acids is 1. The maximum atomic E-state index is 11.4. The molecule has 0 amide bonds. The number of hydrogen-bond donors (Lipinski definition) is 3. The van der Waals surface area contributed by atoms with Crippen LogP contribution in [0.1, 0.15) is 13.3 Å². The molecule has 0 aromatic carbocycles. The van der Waals surface area contributed by atoms with E-state index in [-0.39, 0.29) is 12.3 Å². The largest absolute Gasteiger partial charge is 0.480 e. The molecule has 3 N–H and O–H groups in total. The minimum absolute atomic E-state index is 0.234. The summed E-state index contributed by atoms with van der Waals surface area (Å²) in [5, 5.41) is 9.03. The predicted octanol–water partition coefficient (Wildman–Crippen LogP) is -0.609. The van der Waals surface area contributed by atoms with Gasteiger partial charge in [-0.3, -0.25) is 4.79 Å². The van der Waals surface area contributed by atoms with Gasteiger partial charge in [-0.1, -0.05) is 6.92 Å². The third-order valence-electron chi connectivity index (χ3n) is 2.10. The lowest BCUT2D eigenvalue weighted by molar-refractivity contribution is -0.142. The Kier molecular flexibility index (Phi) is 3.99. The molecule has 0 aromatic heterocycles. The zero-order chi connectivity index (χ0) is 11.5. The summed E-state index contributed by atoms with van der Waals surface area (Å²) in [7, 11) is -3.71. The highest BCUT2D eigenvalue weighted by atomic mass is 32.2. The summed E-state index contributed by atoms with van der Waals surface area (Å²) in [5.41, 5.74) is -1.34. The molecule has 0 aromatic rings. The minimum Gasteiger partial charge on any atom is -0.480 e. The van der Waals surface area contributed by atoms with E-state index in [1.54, 1.807) is 6.92 Å². The van der Waals surface area contributed by atoms with Gasteiger partial charge >= 0.3 is 5.97 Å². The Morgan fingerprint density at radius 3 is 2.67 bits per heavy atom. The van der Waals surface area contributed by atoms with Gasteiger partial charge in [0, 0.05) is 12.3 Å². The van der Waals surface area contributed by atoms with Gasteiger partial charge in [0.1, 0.15) is 5.54 Å². The highest BCUT2D eigenvalue weighted by Gasteiger charge is 2.44. The van der Waals surface area contributed by atoms with E-state index in [9.17, 15) is 13.2 Å². The molecule has 15 heavy (non-hydrogen) atoms. The first-order valence-electron chi connectivity index (χ1n) is 4.51. The summed E-state index contributed by atoms with van der Waals surface area (Å²) < 4.78 is 27.2. The molecule has 8 heteroatoms. The van der Waals surface area contributed by atoms with Gasteiger partial charge in [-0.25, -0.2) is 4.72 Å². The smallest absolute Gasteiger partial charge is 0.325 e. The molecule has 0 aliphatic carbocycles. The molecule has 1 aliphatic rings. The van der Waals surface area contributed by atoms with Crippen LogP contribution in [0.4, 0.5) is 0 Å². The van der Waals surface area contributed by atoms with Crippen LogP contribution in [-0.2, 0) is 15.0 Å². The molecule has 0 saturated carbocycles. The maximum absolute atomic E-state index is 11.4. The van der Waals surface area contributed by atoms with Crippen molar-refractivity contribution in [3.8, 4) is 0 Å². The molecule has 1 heterocycles. The molecule has 1 atom stereocenters. The van der Waals surface area contributed by atoms with Crippen LogP contribution in [0.5, 0.6) is 0 Å². The van der Waals surface area contributed by atoms with Gasteiger partial charge in [-0.2, -0.15) is 24.9 Å². The van der Waals surface area contributed by atoms with Gasteiger partial charge in [0.2, 0.25) is 0 Å². The molecule has 0 radical (unpaired) electrons. The van der Waals surface area contributed by atoms with E-state index in [1.807, 2.05) is 0 Å². The standard InChI is InChI=1S/C7H14N2O4S2/c1-2-8-15(12,13)9-7(6(10)11)3-4-14-5-7/h8-9H,2-5H2,1H3,(H,10,11). The van der Waals surface area contributed by atoms with Crippen molar-refractivity contribution in [2.24, 2.45) is 0 Å². The average Bonchev–Trinajstić information content (AvgIpc) is 2.52. The average molecular weight is 254 g/mol. The fourth-order valence-electron chi connectivity index (χ4n) is 1.34. The van der Waals surface area contributed by atoms with Crippen molar-refractivity contribution in [1.29, 1.82) is 0 Å². The fourth-order valence-corrected chi connectivity index (χ4v) is 3.99. The van der Waals surface area contributed by atoms with Crippen LogP contribution in [0.3, 0.4) is 0 Å². The Labute approximate surface area is 93.0 Å². The molecule has 1 rings (SSSR count). The molecule has 1 aliphatic heterocycles. The summed E-state index contributed by atoms with van der Waals surface area (Å²) in [6.07, 6.45) is 0.317.